The first-order valence-corrected chi connectivity index (χ1v) is 19.0. The Balaban J connectivity index is 2.29. The molecular formula is C35H59NO8S. The van der Waals surface area contributed by atoms with E-state index in [9.17, 15) is 18.0 Å². The summed E-state index contributed by atoms with van der Waals surface area (Å²) in [4.78, 5) is 28.5. The van der Waals surface area contributed by atoms with Crippen molar-refractivity contribution in [2.75, 3.05) is 26.8 Å². The van der Waals surface area contributed by atoms with Gasteiger partial charge in [0.05, 0.1) is 30.4 Å². The van der Waals surface area contributed by atoms with E-state index < -0.39 is 40.2 Å². The van der Waals surface area contributed by atoms with Crippen molar-refractivity contribution < 1.29 is 36.4 Å². The first kappa shape index (κ1) is 39.2. The van der Waals surface area contributed by atoms with Crippen LogP contribution in [0.1, 0.15) is 122 Å². The maximum Gasteiger partial charge on any atom is 0.416 e. The minimum Gasteiger partial charge on any atom is -0.447 e. The number of amides is 2. The molecular weight excluding hydrogens is 594 g/mol. The molecule has 0 bridgehead atoms. The molecule has 0 aliphatic carbocycles. The van der Waals surface area contributed by atoms with Crippen LogP contribution in [0.25, 0.3) is 0 Å². The van der Waals surface area contributed by atoms with Gasteiger partial charge in [0.15, 0.2) is 0 Å². The monoisotopic (exact) mass is 653 g/mol. The number of unbranched alkanes of at least 4 members (excludes halogenated alkanes) is 11. The predicted octanol–water partition coefficient (Wildman–Crippen LogP) is 7.81. The van der Waals surface area contributed by atoms with E-state index in [2.05, 4.69) is 13.8 Å². The van der Waals surface area contributed by atoms with Gasteiger partial charge in [-0.25, -0.2) is 9.69 Å². The van der Waals surface area contributed by atoms with Crippen LogP contribution >= 0.6 is 0 Å². The highest BCUT2D eigenvalue weighted by Gasteiger charge is 2.44. The van der Waals surface area contributed by atoms with E-state index in [1.807, 2.05) is 30.3 Å². The number of imide groups is 1. The molecule has 1 aliphatic rings. The van der Waals surface area contributed by atoms with Gasteiger partial charge in [-0.1, -0.05) is 128 Å². The summed E-state index contributed by atoms with van der Waals surface area (Å²) in [6.07, 6.45) is 14.8. The average molecular weight is 654 g/mol. The number of methoxy groups -OCH3 is 1. The minimum absolute atomic E-state index is 0.0550. The zero-order valence-electron chi connectivity index (χ0n) is 28.3. The van der Waals surface area contributed by atoms with Crippen molar-refractivity contribution in [3.8, 4) is 0 Å². The van der Waals surface area contributed by atoms with E-state index in [4.69, 9.17) is 18.4 Å². The molecule has 1 fully saturated rings. The van der Waals surface area contributed by atoms with Gasteiger partial charge >= 0.3 is 6.09 Å². The zero-order chi connectivity index (χ0) is 32.9. The summed E-state index contributed by atoms with van der Waals surface area (Å²) in [5.74, 6) is -1.29. The van der Waals surface area contributed by atoms with Crippen molar-refractivity contribution in [2.45, 2.75) is 141 Å². The molecule has 2 amide bonds. The van der Waals surface area contributed by atoms with Gasteiger partial charge in [0.1, 0.15) is 13.4 Å². The van der Waals surface area contributed by atoms with Gasteiger partial charge in [0.2, 0.25) is 5.91 Å². The highest BCUT2D eigenvalue weighted by atomic mass is 32.2. The molecule has 258 valence electrons. The second-order valence-corrected chi connectivity index (χ2v) is 14.1. The molecule has 4 atom stereocenters. The Labute approximate surface area is 272 Å². The van der Waals surface area contributed by atoms with Crippen molar-refractivity contribution in [1.82, 2.24) is 4.90 Å². The summed E-state index contributed by atoms with van der Waals surface area (Å²) in [6.45, 7) is 4.52. The molecule has 0 radical (unpaired) electrons. The lowest BCUT2D eigenvalue weighted by molar-refractivity contribution is -0.138. The van der Waals surface area contributed by atoms with E-state index in [0.29, 0.717) is 19.3 Å². The Morgan fingerprint density at radius 3 is 2.07 bits per heavy atom. The Morgan fingerprint density at radius 2 is 1.49 bits per heavy atom. The van der Waals surface area contributed by atoms with E-state index in [1.165, 1.54) is 30.6 Å². The zero-order valence-corrected chi connectivity index (χ0v) is 29.1. The molecule has 0 saturated carbocycles. The summed E-state index contributed by atoms with van der Waals surface area (Å²) in [7, 11) is -2.38. The van der Waals surface area contributed by atoms with Gasteiger partial charge in [0, 0.05) is 13.5 Å². The highest BCUT2D eigenvalue weighted by Crippen LogP contribution is 2.30. The number of benzene rings is 1. The SMILES string of the molecule is CCCCCCCCCC[C@H](C(=O)N1C(=O)OC[C@@H]1Cc1ccccc1)[C@@H](C[C@@H](CCCCCCC)OCOC)OS(C)(=O)=O. The van der Waals surface area contributed by atoms with E-state index in [-0.39, 0.29) is 25.9 Å². The first-order valence-electron chi connectivity index (χ1n) is 17.2. The number of rotatable bonds is 26. The third-order valence-corrected chi connectivity index (χ3v) is 9.09. The second-order valence-electron chi connectivity index (χ2n) is 12.5. The number of cyclic esters (lactones) is 1. The topological polar surface area (TPSA) is 108 Å². The predicted molar refractivity (Wildman–Crippen MR) is 177 cm³/mol. The van der Waals surface area contributed by atoms with Crippen LogP contribution in [0.2, 0.25) is 0 Å². The fraction of sp³-hybridized carbons (Fsp3) is 0.771. The summed E-state index contributed by atoms with van der Waals surface area (Å²) < 4.78 is 47.4. The van der Waals surface area contributed by atoms with Crippen LogP contribution in [0.15, 0.2) is 30.3 Å². The lowest BCUT2D eigenvalue weighted by atomic mass is 9.88. The first-order chi connectivity index (χ1) is 21.7. The van der Waals surface area contributed by atoms with Crippen LogP contribution in [-0.4, -0.2) is 70.3 Å². The molecule has 9 nitrogen and oxygen atoms in total. The molecule has 0 N–H and O–H groups in total. The number of ether oxygens (including phenoxy) is 3. The largest absolute Gasteiger partial charge is 0.447 e. The number of hydrogen-bond donors (Lipinski definition) is 0. The number of hydrogen-bond acceptors (Lipinski definition) is 8. The van der Waals surface area contributed by atoms with Gasteiger partial charge in [-0.15, -0.1) is 0 Å². The Hall–Kier alpha value is -2.01. The van der Waals surface area contributed by atoms with Gasteiger partial charge < -0.3 is 14.2 Å². The highest BCUT2D eigenvalue weighted by molar-refractivity contribution is 7.86. The van der Waals surface area contributed by atoms with Crippen molar-refractivity contribution >= 4 is 22.1 Å². The summed E-state index contributed by atoms with van der Waals surface area (Å²) in [5, 5.41) is 0. The van der Waals surface area contributed by atoms with Crippen LogP contribution in [0, 0.1) is 5.92 Å². The van der Waals surface area contributed by atoms with E-state index in [0.717, 1.165) is 69.6 Å². The molecule has 1 aromatic rings. The molecule has 1 saturated heterocycles. The van der Waals surface area contributed by atoms with Crippen molar-refractivity contribution in [2.24, 2.45) is 5.92 Å². The van der Waals surface area contributed by atoms with Crippen molar-refractivity contribution in [3.63, 3.8) is 0 Å². The summed E-state index contributed by atoms with van der Waals surface area (Å²) in [5.41, 5.74) is 0.985. The second kappa shape index (κ2) is 22.5. The third-order valence-electron chi connectivity index (χ3n) is 8.49. The Bertz CT molecular complexity index is 1050. The quantitative estimate of drug-likeness (QED) is 0.0566. The molecule has 0 spiro atoms. The van der Waals surface area contributed by atoms with Crippen molar-refractivity contribution in [1.29, 1.82) is 0 Å². The van der Waals surface area contributed by atoms with E-state index in [1.54, 1.807) is 7.11 Å². The van der Waals surface area contributed by atoms with E-state index >= 15 is 0 Å². The fourth-order valence-electron chi connectivity index (χ4n) is 6.08. The van der Waals surface area contributed by atoms with Gasteiger partial charge in [0.25, 0.3) is 10.1 Å². The lowest BCUT2D eigenvalue weighted by Crippen LogP contribution is -2.48. The summed E-state index contributed by atoms with van der Waals surface area (Å²) in [6, 6.07) is 9.19. The average Bonchev–Trinajstić information content (AvgIpc) is 3.37. The van der Waals surface area contributed by atoms with Crippen LogP contribution in [0.3, 0.4) is 0 Å². The van der Waals surface area contributed by atoms with Crippen LogP contribution in [0.4, 0.5) is 4.79 Å². The molecule has 1 aromatic carbocycles. The Morgan fingerprint density at radius 1 is 0.911 bits per heavy atom. The minimum atomic E-state index is -3.92. The smallest absolute Gasteiger partial charge is 0.416 e. The maximum atomic E-state index is 14.3. The fourth-order valence-corrected chi connectivity index (χ4v) is 6.74. The lowest BCUT2D eigenvalue weighted by Gasteiger charge is -2.32. The van der Waals surface area contributed by atoms with Gasteiger partial charge in [-0.05, 0) is 24.8 Å². The molecule has 45 heavy (non-hydrogen) atoms. The summed E-state index contributed by atoms with van der Waals surface area (Å²) >= 11 is 0. The number of carbonyl (C=O) groups excluding carboxylic acids is 2. The van der Waals surface area contributed by atoms with Gasteiger partial charge in [-0.2, -0.15) is 8.42 Å². The molecule has 0 unspecified atom stereocenters. The van der Waals surface area contributed by atoms with Crippen LogP contribution in [-0.2, 0) is 39.7 Å². The standard InChI is InChI=1S/C35H59NO8S/c1-5-7-9-11-12-13-15-20-24-32(34(37)36-30(27-42-35(36)38)25-29-21-17-16-18-22-29)33(44-45(4,39)40)26-31(43-28-41-3)23-19-14-10-8-6-2/h16-18,21-22,30-33H,5-15,19-20,23-28H2,1-4H3/t30-,31+,32-,33+/m0/s1. The van der Waals surface area contributed by atoms with Crippen LogP contribution in [0.5, 0.6) is 0 Å². The molecule has 1 aliphatic heterocycles. The van der Waals surface area contributed by atoms with Crippen LogP contribution < -0.4 is 0 Å². The van der Waals surface area contributed by atoms with Crippen molar-refractivity contribution in [3.05, 3.63) is 35.9 Å². The Kier molecular flexibility index (Phi) is 19.6. The molecule has 1 heterocycles. The number of nitrogens with zero attached hydrogens (tertiary/aromatic N) is 1. The maximum absolute atomic E-state index is 14.3. The molecule has 10 heteroatoms. The molecule has 2 rings (SSSR count). The third kappa shape index (κ3) is 15.9. The van der Waals surface area contributed by atoms with Gasteiger partial charge in [-0.3, -0.25) is 8.98 Å². The molecule has 0 aromatic heterocycles. The normalized spacial score (nSPS) is 17.3. The number of carbonyl (C=O) groups is 2.